The summed E-state index contributed by atoms with van der Waals surface area (Å²) >= 11 is 1.55. The van der Waals surface area contributed by atoms with E-state index in [2.05, 4.69) is 42.5 Å². The van der Waals surface area contributed by atoms with E-state index in [4.69, 9.17) is 0 Å². The summed E-state index contributed by atoms with van der Waals surface area (Å²) in [5, 5.41) is 15.7. The van der Waals surface area contributed by atoms with Gasteiger partial charge >= 0.3 is 0 Å². The molecule has 8 nitrogen and oxygen atoms in total. The van der Waals surface area contributed by atoms with Gasteiger partial charge in [-0.15, -0.1) is 11.3 Å². The lowest BCUT2D eigenvalue weighted by Gasteiger charge is -2.36. The highest BCUT2D eigenvalue weighted by Gasteiger charge is 2.54. The molecule has 5 atom stereocenters. The van der Waals surface area contributed by atoms with Gasteiger partial charge in [0.15, 0.2) is 11.8 Å². The number of carbonyl (C=O) groups excluding carboxylic acids is 3. The molecule has 2 fully saturated rings. The molecule has 1 aromatic heterocycles. The number of β-amino-alcohol motifs (C(OH)–C–C–N with tert-alkyl or cyclic N) is 1. The van der Waals surface area contributed by atoms with Crippen molar-refractivity contribution in [2.75, 3.05) is 6.54 Å². The van der Waals surface area contributed by atoms with E-state index >= 15 is 4.39 Å². The predicted octanol–water partition coefficient (Wildman–Crippen LogP) is 4.54. The van der Waals surface area contributed by atoms with Crippen molar-refractivity contribution in [1.82, 2.24) is 20.5 Å². The molecule has 1 aliphatic heterocycles. The zero-order valence-corrected chi connectivity index (χ0v) is 26.4. The number of amides is 3. The number of aliphatic hydroxyl groups excluding tert-OH is 1. The SMILES string of the molecule is Cc1ncsc1-c1ccc([C@H](C)NC(=O)[C@@H]2[C@@H](F)[C@@H](O)CN2C(=O)[C@@H](NC(=O)C2(F)CC2)C(C)(C)C)c(C(C)(C)C)c1. The first-order chi connectivity index (χ1) is 19.3. The Labute approximate surface area is 250 Å². The number of nitrogens with one attached hydrogen (secondary N) is 2. The van der Waals surface area contributed by atoms with Crippen molar-refractivity contribution in [3.8, 4) is 10.4 Å². The molecule has 1 aromatic carbocycles. The first-order valence-electron chi connectivity index (χ1n) is 14.3. The lowest BCUT2D eigenvalue weighted by atomic mass is 9.81. The van der Waals surface area contributed by atoms with Crippen LogP contribution in [0.15, 0.2) is 23.7 Å². The van der Waals surface area contributed by atoms with Crippen LogP contribution in [0, 0.1) is 12.3 Å². The maximum absolute atomic E-state index is 15.4. The smallest absolute Gasteiger partial charge is 0.258 e. The van der Waals surface area contributed by atoms with Crippen LogP contribution in [-0.2, 0) is 19.8 Å². The maximum Gasteiger partial charge on any atom is 0.258 e. The topological polar surface area (TPSA) is 112 Å². The van der Waals surface area contributed by atoms with Crippen LogP contribution in [0.4, 0.5) is 8.78 Å². The average molecular weight is 605 g/mol. The van der Waals surface area contributed by atoms with Gasteiger partial charge in [0.1, 0.15) is 18.2 Å². The Morgan fingerprint density at radius 3 is 2.31 bits per heavy atom. The Hall–Kier alpha value is -2.92. The molecule has 2 aromatic rings. The minimum atomic E-state index is -2.04. The Bertz CT molecular complexity index is 1360. The molecule has 1 saturated heterocycles. The van der Waals surface area contributed by atoms with Gasteiger partial charge in [-0.3, -0.25) is 14.4 Å². The highest BCUT2D eigenvalue weighted by molar-refractivity contribution is 7.13. The largest absolute Gasteiger partial charge is 0.388 e. The summed E-state index contributed by atoms with van der Waals surface area (Å²) in [7, 11) is 0. The van der Waals surface area contributed by atoms with Gasteiger partial charge in [0.05, 0.1) is 28.7 Å². The maximum atomic E-state index is 15.4. The third-order valence-corrected chi connectivity index (χ3v) is 9.10. The summed E-state index contributed by atoms with van der Waals surface area (Å²) < 4.78 is 29.8. The molecule has 11 heteroatoms. The minimum Gasteiger partial charge on any atom is -0.388 e. The van der Waals surface area contributed by atoms with Crippen molar-refractivity contribution in [2.45, 2.75) is 110 Å². The number of nitrogens with zero attached hydrogens (tertiary/aromatic N) is 2. The standard InChI is InChI=1S/C31H42F2N4O4S/c1-16(19-10-9-18(13-20(19)29(3,4)5)24-17(2)34-15-42-24)35-26(39)23-22(32)21(38)14-37(23)27(40)25(30(6,7)8)36-28(41)31(33)11-12-31/h9-10,13,15-16,21-23,25,38H,11-12,14H2,1-8H3,(H,35,39)(H,36,41)/t16-,21-,22-,23-,25+/m0/s1. The number of aliphatic hydroxyl groups is 1. The van der Waals surface area contributed by atoms with Gasteiger partial charge in [-0.2, -0.15) is 0 Å². The fourth-order valence-corrected chi connectivity index (χ4v) is 6.21. The molecular formula is C31H42F2N4O4S. The first kappa shape index (κ1) is 32.0. The van der Waals surface area contributed by atoms with E-state index in [9.17, 15) is 23.9 Å². The van der Waals surface area contributed by atoms with Gasteiger partial charge in [0.25, 0.3) is 5.91 Å². The van der Waals surface area contributed by atoms with Gasteiger partial charge < -0.3 is 20.6 Å². The van der Waals surface area contributed by atoms with Gasteiger partial charge in [0, 0.05) is 0 Å². The van der Waals surface area contributed by atoms with Crippen LogP contribution in [0.1, 0.15) is 84.2 Å². The molecule has 0 bridgehead atoms. The van der Waals surface area contributed by atoms with Crippen LogP contribution in [0.25, 0.3) is 10.4 Å². The number of thiazole rings is 1. The zero-order valence-electron chi connectivity index (χ0n) is 25.5. The van der Waals surface area contributed by atoms with Crippen molar-refractivity contribution in [3.05, 3.63) is 40.5 Å². The van der Waals surface area contributed by atoms with Crippen LogP contribution in [0.2, 0.25) is 0 Å². The molecule has 1 aliphatic carbocycles. The van der Waals surface area contributed by atoms with E-state index in [0.717, 1.165) is 32.2 Å². The van der Waals surface area contributed by atoms with Crippen LogP contribution in [0.3, 0.4) is 0 Å². The molecule has 0 spiro atoms. The average Bonchev–Trinajstić information content (AvgIpc) is 3.38. The lowest BCUT2D eigenvalue weighted by molar-refractivity contribution is -0.145. The molecule has 4 rings (SSSR count). The van der Waals surface area contributed by atoms with Gasteiger partial charge in [0.2, 0.25) is 11.8 Å². The van der Waals surface area contributed by atoms with Gasteiger partial charge in [-0.05, 0) is 60.3 Å². The number of alkyl halides is 2. The first-order valence-corrected chi connectivity index (χ1v) is 15.2. The molecule has 3 amide bonds. The Balaban J connectivity index is 1.59. The summed E-state index contributed by atoms with van der Waals surface area (Å²) in [6, 6.07) is 2.60. The predicted molar refractivity (Wildman–Crippen MR) is 158 cm³/mol. The molecule has 230 valence electrons. The van der Waals surface area contributed by atoms with E-state index in [1.165, 1.54) is 0 Å². The third-order valence-electron chi connectivity index (χ3n) is 8.12. The van der Waals surface area contributed by atoms with Crippen LogP contribution < -0.4 is 10.6 Å². The second-order valence-electron chi connectivity index (χ2n) is 13.7. The van der Waals surface area contributed by atoms with Crippen molar-refractivity contribution in [2.24, 2.45) is 5.41 Å². The molecule has 2 aliphatic rings. The number of rotatable bonds is 7. The van der Waals surface area contributed by atoms with E-state index in [0.29, 0.717) is 0 Å². The number of carbonyl (C=O) groups is 3. The fraction of sp³-hybridized carbons (Fsp3) is 0.613. The Morgan fingerprint density at radius 1 is 1.14 bits per heavy atom. The molecule has 1 saturated carbocycles. The summed E-state index contributed by atoms with van der Waals surface area (Å²) in [4.78, 5) is 46.2. The number of aromatic nitrogens is 1. The van der Waals surface area contributed by atoms with Gasteiger partial charge in [-0.1, -0.05) is 53.7 Å². The lowest BCUT2D eigenvalue weighted by Crippen LogP contribution is -2.59. The van der Waals surface area contributed by atoms with Crippen LogP contribution in [-0.4, -0.2) is 69.3 Å². The Kier molecular flexibility index (Phi) is 8.61. The summed E-state index contributed by atoms with van der Waals surface area (Å²) in [5.41, 5.74) is 2.40. The summed E-state index contributed by atoms with van der Waals surface area (Å²) in [6.07, 6.45) is -3.47. The molecule has 42 heavy (non-hydrogen) atoms. The highest BCUT2D eigenvalue weighted by atomic mass is 32.1. The van der Waals surface area contributed by atoms with Crippen molar-refractivity contribution >= 4 is 29.1 Å². The highest BCUT2D eigenvalue weighted by Crippen LogP contribution is 2.41. The number of aryl methyl sites for hydroxylation is 1. The third kappa shape index (κ3) is 6.37. The summed E-state index contributed by atoms with van der Waals surface area (Å²) in [6.45, 7) is 14.6. The molecular weight excluding hydrogens is 562 g/mol. The Morgan fingerprint density at radius 2 is 1.79 bits per heavy atom. The van der Waals surface area contributed by atoms with Crippen LogP contribution >= 0.6 is 11.3 Å². The second kappa shape index (κ2) is 11.3. The summed E-state index contributed by atoms with van der Waals surface area (Å²) in [5.74, 6) is -2.40. The zero-order chi connectivity index (χ0) is 31.4. The quantitative estimate of drug-likeness (QED) is 0.430. The van der Waals surface area contributed by atoms with Crippen molar-refractivity contribution < 1.29 is 28.3 Å². The van der Waals surface area contributed by atoms with Crippen molar-refractivity contribution in [3.63, 3.8) is 0 Å². The molecule has 2 heterocycles. The number of benzene rings is 1. The van der Waals surface area contributed by atoms with Crippen LogP contribution in [0.5, 0.6) is 0 Å². The van der Waals surface area contributed by atoms with E-state index in [1.54, 1.807) is 44.5 Å². The normalized spacial score (nSPS) is 23.3. The van der Waals surface area contributed by atoms with Gasteiger partial charge in [-0.25, -0.2) is 13.8 Å². The minimum absolute atomic E-state index is 0.0726. The van der Waals surface area contributed by atoms with E-state index in [-0.39, 0.29) is 18.3 Å². The number of halogens is 2. The fourth-order valence-electron chi connectivity index (χ4n) is 5.40. The monoisotopic (exact) mass is 604 g/mol. The number of hydrogen-bond acceptors (Lipinski definition) is 6. The van der Waals surface area contributed by atoms with Crippen molar-refractivity contribution in [1.29, 1.82) is 0 Å². The number of hydrogen-bond donors (Lipinski definition) is 3. The molecule has 0 radical (unpaired) electrons. The van der Waals surface area contributed by atoms with E-state index < -0.39 is 65.8 Å². The van der Waals surface area contributed by atoms with E-state index in [1.807, 2.05) is 19.1 Å². The molecule has 0 unspecified atom stereocenters. The second-order valence-corrected chi connectivity index (χ2v) is 14.6. The number of likely N-dealkylation sites (tertiary alicyclic amines) is 1. The molecule has 3 N–H and O–H groups in total.